The number of pyridine rings is 1. The van der Waals surface area contributed by atoms with Gasteiger partial charge in [0.2, 0.25) is 0 Å². The summed E-state index contributed by atoms with van der Waals surface area (Å²) in [5.41, 5.74) is 0.0294. The van der Waals surface area contributed by atoms with Crippen molar-refractivity contribution >= 4 is 5.97 Å². The van der Waals surface area contributed by atoms with E-state index in [0.717, 1.165) is 0 Å². The Morgan fingerprint density at radius 2 is 1.70 bits per heavy atom. The summed E-state index contributed by atoms with van der Waals surface area (Å²) in [5.74, 6) is 0.546. The van der Waals surface area contributed by atoms with Crippen LogP contribution in [0.2, 0.25) is 0 Å². The highest BCUT2D eigenvalue weighted by Gasteiger charge is 2.12. The molecule has 0 aliphatic rings. The van der Waals surface area contributed by atoms with Crippen LogP contribution >= 0.6 is 0 Å². The average Bonchev–Trinajstić information content (AvgIpc) is 2.47. The molecule has 0 atom stereocenters. The normalized spacial score (nSPS) is 9.90. The third-order valence-electron chi connectivity index (χ3n) is 2.57. The molecule has 6 nitrogen and oxygen atoms in total. The third kappa shape index (κ3) is 2.97. The first-order chi connectivity index (χ1) is 9.63. The summed E-state index contributed by atoms with van der Waals surface area (Å²) in [7, 11) is 3.04. The molecule has 0 spiro atoms. The SMILES string of the molecule is COc1cc(OC)cc(Oc2cnccc2C(=O)O)c1. The lowest BCUT2D eigenvalue weighted by Gasteiger charge is -2.11. The Hall–Kier alpha value is -2.76. The van der Waals surface area contributed by atoms with Gasteiger partial charge in [-0.05, 0) is 6.07 Å². The lowest BCUT2D eigenvalue weighted by Crippen LogP contribution is -2.00. The summed E-state index contributed by atoms with van der Waals surface area (Å²) in [6.45, 7) is 0. The zero-order valence-electron chi connectivity index (χ0n) is 11.0. The predicted octanol–water partition coefficient (Wildman–Crippen LogP) is 2.59. The molecule has 0 saturated carbocycles. The van der Waals surface area contributed by atoms with Crippen molar-refractivity contribution in [1.82, 2.24) is 4.98 Å². The first-order valence-corrected chi connectivity index (χ1v) is 5.72. The number of carbonyl (C=O) groups is 1. The van der Waals surface area contributed by atoms with Crippen molar-refractivity contribution < 1.29 is 24.1 Å². The van der Waals surface area contributed by atoms with Crippen LogP contribution in [-0.2, 0) is 0 Å². The molecule has 0 fully saturated rings. The molecule has 20 heavy (non-hydrogen) atoms. The highest BCUT2D eigenvalue weighted by atomic mass is 16.5. The van der Waals surface area contributed by atoms with E-state index < -0.39 is 5.97 Å². The largest absolute Gasteiger partial charge is 0.496 e. The molecule has 0 radical (unpaired) electrons. The van der Waals surface area contributed by atoms with Crippen molar-refractivity contribution in [3.8, 4) is 23.0 Å². The summed E-state index contributed by atoms with van der Waals surface area (Å²) in [4.78, 5) is 15.0. The summed E-state index contributed by atoms with van der Waals surface area (Å²) < 4.78 is 15.8. The Morgan fingerprint density at radius 3 is 2.25 bits per heavy atom. The fourth-order valence-electron chi connectivity index (χ4n) is 1.61. The number of nitrogens with zero attached hydrogens (tertiary/aromatic N) is 1. The number of benzene rings is 1. The van der Waals surface area contributed by atoms with Gasteiger partial charge in [0.25, 0.3) is 0 Å². The average molecular weight is 275 g/mol. The van der Waals surface area contributed by atoms with Crippen molar-refractivity contribution in [2.45, 2.75) is 0 Å². The summed E-state index contributed by atoms with van der Waals surface area (Å²) >= 11 is 0. The van der Waals surface area contributed by atoms with Crippen LogP contribution in [0, 0.1) is 0 Å². The van der Waals surface area contributed by atoms with E-state index in [0.29, 0.717) is 17.2 Å². The van der Waals surface area contributed by atoms with Crippen molar-refractivity contribution in [2.24, 2.45) is 0 Å². The van der Waals surface area contributed by atoms with E-state index >= 15 is 0 Å². The monoisotopic (exact) mass is 275 g/mol. The number of hydrogen-bond donors (Lipinski definition) is 1. The Morgan fingerprint density at radius 1 is 1.10 bits per heavy atom. The molecule has 1 aromatic carbocycles. The minimum absolute atomic E-state index is 0.0294. The van der Waals surface area contributed by atoms with E-state index in [1.807, 2.05) is 0 Å². The molecule has 0 bridgehead atoms. The first-order valence-electron chi connectivity index (χ1n) is 5.72. The van der Waals surface area contributed by atoms with Gasteiger partial charge in [0, 0.05) is 24.4 Å². The number of carboxylic acid groups (broad SMARTS) is 1. The minimum atomic E-state index is -1.09. The van der Waals surface area contributed by atoms with Gasteiger partial charge in [-0.1, -0.05) is 0 Å². The van der Waals surface area contributed by atoms with Gasteiger partial charge in [-0.15, -0.1) is 0 Å². The lowest BCUT2D eigenvalue weighted by molar-refractivity contribution is 0.0694. The number of aromatic carboxylic acids is 1. The molecular weight excluding hydrogens is 262 g/mol. The topological polar surface area (TPSA) is 77.9 Å². The van der Waals surface area contributed by atoms with E-state index in [4.69, 9.17) is 19.3 Å². The van der Waals surface area contributed by atoms with E-state index in [1.165, 1.54) is 32.7 Å². The molecule has 0 saturated heterocycles. The van der Waals surface area contributed by atoms with Gasteiger partial charge in [-0.25, -0.2) is 4.79 Å². The number of rotatable bonds is 5. The maximum atomic E-state index is 11.1. The Bertz CT molecular complexity index is 604. The van der Waals surface area contributed by atoms with Crippen LogP contribution in [0.3, 0.4) is 0 Å². The molecule has 1 N–H and O–H groups in total. The molecule has 0 unspecified atom stereocenters. The second-order valence-electron chi connectivity index (χ2n) is 3.83. The molecule has 1 heterocycles. The summed E-state index contributed by atoms with van der Waals surface area (Å²) in [6.07, 6.45) is 2.73. The van der Waals surface area contributed by atoms with Gasteiger partial charge in [-0.2, -0.15) is 0 Å². The molecule has 2 aromatic rings. The van der Waals surface area contributed by atoms with Gasteiger partial charge in [0.05, 0.1) is 20.4 Å². The molecule has 0 aliphatic heterocycles. The number of aromatic nitrogens is 1. The third-order valence-corrected chi connectivity index (χ3v) is 2.57. The van der Waals surface area contributed by atoms with Gasteiger partial charge in [0.15, 0.2) is 5.75 Å². The lowest BCUT2D eigenvalue weighted by atomic mass is 10.2. The van der Waals surface area contributed by atoms with Crippen molar-refractivity contribution in [1.29, 1.82) is 0 Å². The summed E-state index contributed by atoms with van der Waals surface area (Å²) in [5, 5.41) is 9.09. The quantitative estimate of drug-likeness (QED) is 0.903. The van der Waals surface area contributed by atoms with Crippen molar-refractivity contribution in [2.75, 3.05) is 14.2 Å². The number of methoxy groups -OCH3 is 2. The van der Waals surface area contributed by atoms with Gasteiger partial charge >= 0.3 is 5.97 Å². The second kappa shape index (κ2) is 5.92. The van der Waals surface area contributed by atoms with E-state index in [9.17, 15) is 4.79 Å². The molecule has 1 aromatic heterocycles. The maximum Gasteiger partial charge on any atom is 0.339 e. The fourth-order valence-corrected chi connectivity index (χ4v) is 1.61. The maximum absolute atomic E-state index is 11.1. The number of hydrogen-bond acceptors (Lipinski definition) is 5. The smallest absolute Gasteiger partial charge is 0.339 e. The van der Waals surface area contributed by atoms with Crippen LogP contribution in [0.25, 0.3) is 0 Å². The zero-order chi connectivity index (χ0) is 14.5. The van der Waals surface area contributed by atoms with E-state index in [-0.39, 0.29) is 11.3 Å². The molecule has 6 heteroatoms. The van der Waals surface area contributed by atoms with Crippen LogP contribution in [0.15, 0.2) is 36.7 Å². The van der Waals surface area contributed by atoms with Crippen LogP contribution in [0.5, 0.6) is 23.0 Å². The Balaban J connectivity index is 2.37. The molecule has 0 aliphatic carbocycles. The zero-order valence-corrected chi connectivity index (χ0v) is 11.0. The highest BCUT2D eigenvalue weighted by Crippen LogP contribution is 2.31. The van der Waals surface area contributed by atoms with Crippen LogP contribution in [-0.4, -0.2) is 30.3 Å². The molecule has 2 rings (SSSR count). The molecule has 0 amide bonds. The Kier molecular flexibility index (Phi) is 4.05. The van der Waals surface area contributed by atoms with Crippen molar-refractivity contribution in [3.63, 3.8) is 0 Å². The van der Waals surface area contributed by atoms with Gasteiger partial charge in [0.1, 0.15) is 22.8 Å². The van der Waals surface area contributed by atoms with Crippen LogP contribution < -0.4 is 14.2 Å². The van der Waals surface area contributed by atoms with Crippen LogP contribution in [0.4, 0.5) is 0 Å². The molecular formula is C14H13NO5. The van der Waals surface area contributed by atoms with Crippen molar-refractivity contribution in [3.05, 3.63) is 42.2 Å². The summed E-state index contributed by atoms with van der Waals surface area (Å²) in [6, 6.07) is 6.31. The minimum Gasteiger partial charge on any atom is -0.496 e. The second-order valence-corrected chi connectivity index (χ2v) is 3.83. The van der Waals surface area contributed by atoms with E-state index in [1.54, 1.807) is 18.2 Å². The first kappa shape index (κ1) is 13.7. The highest BCUT2D eigenvalue weighted by molar-refractivity contribution is 5.90. The molecule has 104 valence electrons. The van der Waals surface area contributed by atoms with Gasteiger partial charge in [-0.3, -0.25) is 4.98 Å². The van der Waals surface area contributed by atoms with E-state index in [2.05, 4.69) is 4.98 Å². The van der Waals surface area contributed by atoms with Gasteiger partial charge < -0.3 is 19.3 Å². The van der Waals surface area contributed by atoms with Crippen LogP contribution in [0.1, 0.15) is 10.4 Å². The Labute approximate surface area is 115 Å². The number of carboxylic acids is 1. The fraction of sp³-hybridized carbons (Fsp3) is 0.143. The standard InChI is InChI=1S/C14H13NO5/c1-18-9-5-10(19-2)7-11(6-9)20-13-8-15-4-3-12(13)14(16)17/h3-8H,1-2H3,(H,16,17). The predicted molar refractivity (Wildman–Crippen MR) is 70.8 cm³/mol. The number of ether oxygens (including phenoxy) is 3.